The van der Waals surface area contributed by atoms with Gasteiger partial charge in [-0.05, 0) is 22.2 Å². The molecule has 0 spiro atoms. The van der Waals surface area contributed by atoms with Gasteiger partial charge in [-0.3, -0.25) is 5.84 Å². The Morgan fingerprint density at radius 3 is 2.41 bits per heavy atom. The van der Waals surface area contributed by atoms with Crippen molar-refractivity contribution in [1.29, 1.82) is 0 Å². The minimum absolute atomic E-state index is 0.189. The number of fused-ring (bicyclic) bond motifs is 5. The molecule has 3 aromatic carbocycles. The van der Waals surface area contributed by atoms with Gasteiger partial charge in [0.1, 0.15) is 5.58 Å². The maximum Gasteiger partial charge on any atom is 0.286 e. The number of hydrogen-bond donors (Lipinski definition) is 2. The fraction of sp³-hybridized carbons (Fsp3) is 0. The second-order valence-corrected chi connectivity index (χ2v) is 6.70. The summed E-state index contributed by atoms with van der Waals surface area (Å²) in [6.07, 6.45) is 0. The Hall–Kier alpha value is -2.41. The zero-order valence-corrected chi connectivity index (χ0v) is 12.2. The van der Waals surface area contributed by atoms with Crippen LogP contribution in [-0.2, 0) is 10.0 Å². The van der Waals surface area contributed by atoms with Gasteiger partial charge in [-0.25, -0.2) is 8.42 Å². The molecule has 1 heterocycles. The predicted molar refractivity (Wildman–Crippen MR) is 85.7 cm³/mol. The minimum atomic E-state index is -3.81. The van der Waals surface area contributed by atoms with E-state index in [1.54, 1.807) is 4.83 Å². The smallest absolute Gasteiger partial charge is 0.286 e. The lowest BCUT2D eigenvalue weighted by Crippen LogP contribution is -2.29. The van der Waals surface area contributed by atoms with Gasteiger partial charge in [0.05, 0.1) is 0 Å². The van der Waals surface area contributed by atoms with E-state index in [0.717, 1.165) is 26.9 Å². The summed E-state index contributed by atoms with van der Waals surface area (Å²) in [7, 11) is -3.81. The second kappa shape index (κ2) is 4.54. The van der Waals surface area contributed by atoms with Crippen molar-refractivity contribution in [1.82, 2.24) is 4.83 Å². The van der Waals surface area contributed by atoms with E-state index in [1.807, 2.05) is 48.5 Å². The van der Waals surface area contributed by atoms with E-state index in [0.29, 0.717) is 5.58 Å². The van der Waals surface area contributed by atoms with Crippen LogP contribution >= 0.6 is 0 Å². The molecule has 0 amide bonds. The van der Waals surface area contributed by atoms with Gasteiger partial charge >= 0.3 is 0 Å². The Balaban J connectivity index is 2.13. The van der Waals surface area contributed by atoms with Crippen LogP contribution in [0, 0.1) is 0 Å². The third-order valence-corrected chi connectivity index (χ3v) is 4.84. The number of nitrogens with two attached hydrogens (primary N) is 1. The fourth-order valence-electron chi connectivity index (χ4n) is 2.75. The summed E-state index contributed by atoms with van der Waals surface area (Å²) in [5.74, 6) is 5.05. The number of rotatable bonds is 2. The van der Waals surface area contributed by atoms with Gasteiger partial charge in [0.15, 0.2) is 0 Å². The first kappa shape index (κ1) is 13.3. The molecule has 3 N–H and O–H groups in total. The Kier molecular flexibility index (Phi) is 2.74. The highest BCUT2D eigenvalue weighted by molar-refractivity contribution is 7.89. The van der Waals surface area contributed by atoms with Crippen LogP contribution in [0.5, 0.6) is 0 Å². The Labute approximate surface area is 126 Å². The van der Waals surface area contributed by atoms with Crippen LogP contribution in [0.25, 0.3) is 32.5 Å². The van der Waals surface area contributed by atoms with Gasteiger partial charge in [-0.15, -0.1) is 4.83 Å². The molecule has 1 aromatic heterocycles. The molecular weight excluding hydrogens is 300 g/mol. The maximum atomic E-state index is 11.8. The first-order valence-electron chi connectivity index (χ1n) is 6.66. The van der Waals surface area contributed by atoms with Gasteiger partial charge in [0.2, 0.25) is 5.09 Å². The molecule has 0 radical (unpaired) electrons. The number of furan rings is 1. The van der Waals surface area contributed by atoms with Gasteiger partial charge in [-0.2, -0.15) is 0 Å². The van der Waals surface area contributed by atoms with E-state index < -0.39 is 10.0 Å². The first-order chi connectivity index (χ1) is 10.6. The average molecular weight is 312 g/mol. The molecule has 0 saturated carbocycles. The fourth-order valence-corrected chi connectivity index (χ4v) is 3.34. The lowest BCUT2D eigenvalue weighted by Gasteiger charge is -2.04. The first-order valence-corrected chi connectivity index (χ1v) is 8.15. The van der Waals surface area contributed by atoms with Gasteiger partial charge in [0.25, 0.3) is 10.0 Å². The van der Waals surface area contributed by atoms with Gasteiger partial charge < -0.3 is 4.42 Å². The lowest BCUT2D eigenvalue weighted by molar-refractivity contribution is 0.478. The molecule has 5 nitrogen and oxygen atoms in total. The maximum absolute atomic E-state index is 11.8. The molecular formula is C16H12N2O3S. The van der Waals surface area contributed by atoms with Crippen molar-refractivity contribution in [3.63, 3.8) is 0 Å². The van der Waals surface area contributed by atoms with Crippen molar-refractivity contribution in [3.05, 3.63) is 54.6 Å². The highest BCUT2D eigenvalue weighted by atomic mass is 32.2. The van der Waals surface area contributed by atoms with Gasteiger partial charge in [0, 0.05) is 16.8 Å². The number of sulfonamides is 1. The molecule has 0 aliphatic heterocycles. The van der Waals surface area contributed by atoms with E-state index in [2.05, 4.69) is 0 Å². The second-order valence-electron chi connectivity index (χ2n) is 5.05. The summed E-state index contributed by atoms with van der Waals surface area (Å²) in [6.45, 7) is 0. The van der Waals surface area contributed by atoms with Crippen molar-refractivity contribution in [3.8, 4) is 0 Å². The van der Waals surface area contributed by atoms with Crippen LogP contribution in [0.3, 0.4) is 0 Å². The monoisotopic (exact) mass is 312 g/mol. The molecule has 0 bridgehead atoms. The van der Waals surface area contributed by atoms with Crippen LogP contribution in [0.1, 0.15) is 0 Å². The molecule has 0 saturated heterocycles. The van der Waals surface area contributed by atoms with Crippen molar-refractivity contribution in [2.24, 2.45) is 5.84 Å². The average Bonchev–Trinajstić information content (AvgIpc) is 2.99. The number of nitrogens with one attached hydrogen (secondary N) is 1. The van der Waals surface area contributed by atoms with Crippen LogP contribution in [-0.4, -0.2) is 8.42 Å². The van der Waals surface area contributed by atoms with Crippen LogP contribution in [0.15, 0.2) is 64.1 Å². The van der Waals surface area contributed by atoms with Crippen LogP contribution < -0.4 is 10.7 Å². The van der Waals surface area contributed by atoms with Crippen molar-refractivity contribution in [2.75, 3.05) is 0 Å². The largest absolute Gasteiger partial charge is 0.443 e. The molecule has 4 aromatic rings. The molecule has 4 rings (SSSR count). The minimum Gasteiger partial charge on any atom is -0.443 e. The molecule has 0 atom stereocenters. The molecule has 0 unspecified atom stereocenters. The molecule has 0 fully saturated rings. The van der Waals surface area contributed by atoms with Crippen molar-refractivity contribution < 1.29 is 12.8 Å². The third-order valence-electron chi connectivity index (χ3n) is 3.80. The third kappa shape index (κ3) is 1.82. The number of benzene rings is 3. The Morgan fingerprint density at radius 2 is 1.59 bits per heavy atom. The summed E-state index contributed by atoms with van der Waals surface area (Å²) in [5, 5.41) is 4.64. The summed E-state index contributed by atoms with van der Waals surface area (Å²) in [4.78, 5) is 1.77. The number of hydrogen-bond acceptors (Lipinski definition) is 4. The van der Waals surface area contributed by atoms with E-state index in [1.165, 1.54) is 6.07 Å². The zero-order chi connectivity index (χ0) is 15.3. The van der Waals surface area contributed by atoms with Crippen molar-refractivity contribution in [2.45, 2.75) is 5.09 Å². The molecule has 0 aliphatic carbocycles. The molecule has 6 heteroatoms. The lowest BCUT2D eigenvalue weighted by atomic mass is 10.0. The van der Waals surface area contributed by atoms with Crippen molar-refractivity contribution >= 4 is 42.5 Å². The highest BCUT2D eigenvalue weighted by Crippen LogP contribution is 2.33. The van der Waals surface area contributed by atoms with E-state index in [4.69, 9.17) is 10.3 Å². The molecule has 0 aliphatic rings. The van der Waals surface area contributed by atoms with E-state index in [9.17, 15) is 8.42 Å². The van der Waals surface area contributed by atoms with E-state index >= 15 is 0 Å². The van der Waals surface area contributed by atoms with Gasteiger partial charge in [-0.1, -0.05) is 42.5 Å². The Bertz CT molecular complexity index is 1130. The zero-order valence-electron chi connectivity index (χ0n) is 11.4. The summed E-state index contributed by atoms with van der Waals surface area (Å²) in [6, 6.07) is 17.3. The molecule has 22 heavy (non-hydrogen) atoms. The topological polar surface area (TPSA) is 85.3 Å². The van der Waals surface area contributed by atoms with Crippen LogP contribution in [0.4, 0.5) is 0 Å². The standard InChI is InChI=1S/C16H12N2O3S/c17-18-22(19,20)15-9-11-6-7-13-12-4-2-1-3-10(12)5-8-14(13)16(11)21-15/h1-9,18H,17H2. The molecule has 110 valence electrons. The normalized spacial score (nSPS) is 12.4. The summed E-state index contributed by atoms with van der Waals surface area (Å²) in [5.41, 5.74) is 0.539. The number of hydrazine groups is 1. The summed E-state index contributed by atoms with van der Waals surface area (Å²) < 4.78 is 29.1. The van der Waals surface area contributed by atoms with Crippen LogP contribution in [0.2, 0.25) is 0 Å². The highest BCUT2D eigenvalue weighted by Gasteiger charge is 2.19. The Morgan fingerprint density at radius 1 is 0.864 bits per heavy atom. The van der Waals surface area contributed by atoms with E-state index in [-0.39, 0.29) is 5.09 Å². The predicted octanol–water partition coefficient (Wildman–Crippen LogP) is 2.89. The summed E-state index contributed by atoms with van der Waals surface area (Å²) >= 11 is 0. The quantitative estimate of drug-likeness (QED) is 0.338. The SMILES string of the molecule is NNS(=O)(=O)c1cc2ccc3c4ccccc4ccc3c2o1.